The number of rotatable bonds is 8. The maximum Gasteiger partial charge on any atom is 0.143 e. The van der Waals surface area contributed by atoms with Gasteiger partial charge < -0.3 is 19.0 Å². The molecule has 8 rings (SSSR count). The van der Waals surface area contributed by atoms with Crippen molar-refractivity contribution in [2.75, 3.05) is 9.80 Å². The van der Waals surface area contributed by atoms with E-state index >= 15 is 0 Å². The number of anilines is 6. The van der Waals surface area contributed by atoms with Gasteiger partial charge in [-0.05, 0) is 107 Å². The van der Waals surface area contributed by atoms with Crippen LogP contribution in [0.3, 0.4) is 0 Å². The Morgan fingerprint density at radius 1 is 0.426 bits per heavy atom. The molecule has 0 unspecified atom stereocenters. The van der Waals surface area contributed by atoms with Crippen LogP contribution in [0.5, 0.6) is 11.5 Å². The molecule has 0 spiro atoms. The van der Waals surface area contributed by atoms with Gasteiger partial charge in [0.15, 0.2) is 0 Å². The molecule has 5 heteroatoms. The van der Waals surface area contributed by atoms with Gasteiger partial charge in [0.05, 0.1) is 10.2 Å². The summed E-state index contributed by atoms with van der Waals surface area (Å²) in [4.78, 5) is 4.45. The van der Waals surface area contributed by atoms with Crippen molar-refractivity contribution < 1.29 is 9.15 Å². The molecule has 4 nitrogen and oxygen atoms in total. The summed E-state index contributed by atoms with van der Waals surface area (Å²) in [5, 5.41) is 2.03. The van der Waals surface area contributed by atoms with E-state index in [0.717, 1.165) is 72.0 Å². The van der Waals surface area contributed by atoms with Crippen molar-refractivity contribution in [2.24, 2.45) is 0 Å². The minimum Gasteiger partial charge on any atom is -0.456 e. The van der Waals surface area contributed by atoms with Crippen molar-refractivity contribution in [1.29, 1.82) is 0 Å². The Balaban J connectivity index is 1.15. The number of benzene rings is 7. The van der Waals surface area contributed by atoms with Crippen LogP contribution in [-0.4, -0.2) is 0 Å². The van der Waals surface area contributed by atoms with Crippen molar-refractivity contribution in [3.8, 4) is 11.5 Å². The van der Waals surface area contributed by atoms with Gasteiger partial charge in [0.1, 0.15) is 22.7 Å². The lowest BCUT2D eigenvalue weighted by atomic mass is 10.1. The van der Waals surface area contributed by atoms with Gasteiger partial charge in [0.2, 0.25) is 0 Å². The van der Waals surface area contributed by atoms with Gasteiger partial charge in [0, 0.05) is 45.3 Å². The van der Waals surface area contributed by atoms with Crippen molar-refractivity contribution in [3.63, 3.8) is 0 Å². The molecule has 8 aromatic rings. The Bertz CT molecular complexity index is 2210. The van der Waals surface area contributed by atoms with Crippen molar-refractivity contribution in [2.45, 2.75) is 0 Å². The number of fused-ring (bicyclic) bond motifs is 3. The molecule has 0 aliphatic rings. The molecule has 0 fully saturated rings. The fourth-order valence-electron chi connectivity index (χ4n) is 6.01. The fraction of sp³-hybridized carbons (Fsp3) is 0. The molecule has 0 saturated carbocycles. The van der Waals surface area contributed by atoms with E-state index in [1.807, 2.05) is 72.8 Å². The SMILES string of the molecule is Brc1c(Oc2ccc3oc4cc(N(c5ccccc5)c5ccccc5)ccc4c3c2)cccc1N(c1ccccc1)c1ccccc1. The molecule has 226 valence electrons. The summed E-state index contributed by atoms with van der Waals surface area (Å²) in [5.41, 5.74) is 7.89. The number of hydrogen-bond acceptors (Lipinski definition) is 4. The number of halogens is 1. The first-order valence-corrected chi connectivity index (χ1v) is 16.3. The molecule has 0 atom stereocenters. The fourth-order valence-corrected chi connectivity index (χ4v) is 6.53. The molecule has 47 heavy (non-hydrogen) atoms. The highest BCUT2D eigenvalue weighted by Crippen LogP contribution is 2.44. The number of ether oxygens (including phenoxy) is 1. The maximum atomic E-state index is 6.55. The average Bonchev–Trinajstić information content (AvgIpc) is 3.49. The summed E-state index contributed by atoms with van der Waals surface area (Å²) in [5.74, 6) is 1.44. The Hall–Kier alpha value is -5.78. The van der Waals surface area contributed by atoms with Crippen LogP contribution in [0, 0.1) is 0 Å². The van der Waals surface area contributed by atoms with Crippen LogP contribution in [-0.2, 0) is 0 Å². The molecule has 1 heterocycles. The summed E-state index contributed by atoms with van der Waals surface area (Å²) in [6, 6.07) is 59.9. The average molecular weight is 674 g/mol. The molecule has 0 aliphatic carbocycles. The van der Waals surface area contributed by atoms with E-state index in [9.17, 15) is 0 Å². The van der Waals surface area contributed by atoms with Crippen LogP contribution < -0.4 is 14.5 Å². The molecule has 0 saturated heterocycles. The number of nitrogens with zero attached hydrogens (tertiary/aromatic N) is 2. The molecular weight excluding hydrogens is 644 g/mol. The van der Waals surface area contributed by atoms with Crippen LogP contribution in [0.15, 0.2) is 185 Å². The van der Waals surface area contributed by atoms with Crippen LogP contribution in [0.25, 0.3) is 21.9 Å². The van der Waals surface area contributed by atoms with E-state index < -0.39 is 0 Å². The minimum atomic E-state index is 0.718. The Labute approximate surface area is 281 Å². The topological polar surface area (TPSA) is 28.9 Å². The van der Waals surface area contributed by atoms with Gasteiger partial charge in [-0.25, -0.2) is 0 Å². The summed E-state index contributed by atoms with van der Waals surface area (Å²) in [6.45, 7) is 0. The quantitative estimate of drug-likeness (QED) is 0.161. The highest BCUT2D eigenvalue weighted by Gasteiger charge is 2.19. The van der Waals surface area contributed by atoms with Gasteiger partial charge in [-0.3, -0.25) is 0 Å². The number of furan rings is 1. The minimum absolute atomic E-state index is 0.718. The number of para-hydroxylation sites is 4. The Morgan fingerprint density at radius 3 is 1.55 bits per heavy atom. The lowest BCUT2D eigenvalue weighted by Gasteiger charge is -2.27. The molecular formula is C42H29BrN2O2. The largest absolute Gasteiger partial charge is 0.456 e. The monoisotopic (exact) mass is 672 g/mol. The summed E-state index contributed by atoms with van der Waals surface area (Å²) in [7, 11) is 0. The van der Waals surface area contributed by atoms with E-state index in [-0.39, 0.29) is 0 Å². The molecule has 1 aromatic heterocycles. The summed E-state index contributed by atoms with van der Waals surface area (Å²) in [6.07, 6.45) is 0. The Kier molecular flexibility index (Phi) is 7.66. The standard InChI is InChI=1S/C42H29BrN2O2/c43-42-38(45(32-18-9-3-10-19-32)33-20-11-4-12-21-33)22-13-23-40(42)46-35-25-27-39-37(29-35)36-26-24-34(28-41(36)47-39)44(30-14-5-1-6-15-30)31-16-7-2-8-17-31/h1-29H. The third-order valence-electron chi connectivity index (χ3n) is 8.15. The predicted octanol–water partition coefficient (Wildman–Crippen LogP) is 13.1. The van der Waals surface area contributed by atoms with Gasteiger partial charge in [-0.15, -0.1) is 0 Å². The normalized spacial score (nSPS) is 11.1. The molecule has 0 N–H and O–H groups in total. The third kappa shape index (κ3) is 5.62. The molecule has 0 amide bonds. The lowest BCUT2D eigenvalue weighted by Crippen LogP contribution is -2.10. The highest BCUT2D eigenvalue weighted by molar-refractivity contribution is 9.10. The Morgan fingerprint density at radius 2 is 0.979 bits per heavy atom. The summed E-state index contributed by atoms with van der Waals surface area (Å²) >= 11 is 3.89. The van der Waals surface area contributed by atoms with Crippen LogP contribution in [0.1, 0.15) is 0 Å². The smallest absolute Gasteiger partial charge is 0.143 e. The first-order valence-electron chi connectivity index (χ1n) is 15.5. The zero-order valence-corrected chi connectivity index (χ0v) is 26.9. The predicted molar refractivity (Wildman–Crippen MR) is 197 cm³/mol. The van der Waals surface area contributed by atoms with Gasteiger partial charge in [-0.2, -0.15) is 0 Å². The summed E-state index contributed by atoms with van der Waals surface area (Å²) < 4.78 is 13.8. The van der Waals surface area contributed by atoms with Crippen molar-refractivity contribution in [3.05, 3.63) is 180 Å². The first kappa shape index (κ1) is 28.7. The van der Waals surface area contributed by atoms with E-state index in [4.69, 9.17) is 9.15 Å². The highest BCUT2D eigenvalue weighted by atomic mass is 79.9. The van der Waals surface area contributed by atoms with Gasteiger partial charge in [0.25, 0.3) is 0 Å². The second kappa shape index (κ2) is 12.5. The molecule has 0 radical (unpaired) electrons. The first-order chi connectivity index (χ1) is 23.2. The van der Waals surface area contributed by atoms with E-state index in [1.165, 1.54) is 0 Å². The van der Waals surface area contributed by atoms with E-state index in [1.54, 1.807) is 0 Å². The third-order valence-corrected chi connectivity index (χ3v) is 8.95. The van der Waals surface area contributed by atoms with E-state index in [2.05, 4.69) is 129 Å². The van der Waals surface area contributed by atoms with Gasteiger partial charge >= 0.3 is 0 Å². The van der Waals surface area contributed by atoms with Crippen molar-refractivity contribution >= 4 is 72.0 Å². The van der Waals surface area contributed by atoms with Gasteiger partial charge in [-0.1, -0.05) is 78.9 Å². The lowest BCUT2D eigenvalue weighted by molar-refractivity contribution is 0.480. The second-order valence-electron chi connectivity index (χ2n) is 11.1. The van der Waals surface area contributed by atoms with Crippen molar-refractivity contribution in [1.82, 2.24) is 0 Å². The molecule has 7 aromatic carbocycles. The van der Waals surface area contributed by atoms with Crippen LogP contribution >= 0.6 is 15.9 Å². The zero-order valence-electron chi connectivity index (χ0n) is 25.3. The van der Waals surface area contributed by atoms with E-state index in [0.29, 0.717) is 0 Å². The van der Waals surface area contributed by atoms with Crippen LogP contribution in [0.4, 0.5) is 34.1 Å². The number of hydrogen-bond donors (Lipinski definition) is 0. The maximum absolute atomic E-state index is 6.55. The second-order valence-corrected chi connectivity index (χ2v) is 11.9. The molecule has 0 aliphatic heterocycles. The van der Waals surface area contributed by atoms with Crippen LogP contribution in [0.2, 0.25) is 0 Å². The zero-order chi connectivity index (χ0) is 31.6. The molecule has 0 bridgehead atoms.